The summed E-state index contributed by atoms with van der Waals surface area (Å²) in [5.74, 6) is -1.70. The Morgan fingerprint density at radius 2 is 2.13 bits per heavy atom. The Kier molecular flexibility index (Phi) is 4.85. The Morgan fingerprint density at radius 1 is 1.43 bits per heavy atom. The average molecular weight is 322 g/mol. The van der Waals surface area contributed by atoms with Crippen molar-refractivity contribution in [3.63, 3.8) is 0 Å². The lowest BCUT2D eigenvalue weighted by atomic mass is 10.0. The monoisotopic (exact) mass is 322 g/mol. The zero-order valence-electron chi connectivity index (χ0n) is 12.9. The van der Waals surface area contributed by atoms with E-state index >= 15 is 0 Å². The number of anilines is 1. The third-order valence-electron chi connectivity index (χ3n) is 3.43. The van der Waals surface area contributed by atoms with E-state index in [2.05, 4.69) is 5.32 Å². The number of benzene rings is 1. The topological polar surface area (TPSA) is 105 Å². The summed E-state index contributed by atoms with van der Waals surface area (Å²) in [4.78, 5) is 36.8. The number of methoxy groups -OCH3 is 1. The first kappa shape index (κ1) is 16.8. The van der Waals surface area contributed by atoms with Crippen LogP contribution in [-0.2, 0) is 19.1 Å². The minimum absolute atomic E-state index is 0.168. The van der Waals surface area contributed by atoms with E-state index < -0.39 is 17.4 Å². The molecule has 2 rings (SSSR count). The van der Waals surface area contributed by atoms with Crippen LogP contribution in [-0.4, -0.2) is 55.3 Å². The van der Waals surface area contributed by atoms with E-state index in [9.17, 15) is 19.5 Å². The fraction of sp³-hybridized carbons (Fsp3) is 0.400. The van der Waals surface area contributed by atoms with Gasteiger partial charge in [0.15, 0.2) is 12.1 Å². The zero-order chi connectivity index (χ0) is 17.0. The van der Waals surface area contributed by atoms with Crippen LogP contribution in [0.1, 0.15) is 6.92 Å². The second-order valence-corrected chi connectivity index (χ2v) is 5.35. The molecule has 1 aromatic rings. The fourth-order valence-corrected chi connectivity index (χ4v) is 2.26. The molecule has 0 radical (unpaired) electrons. The van der Waals surface area contributed by atoms with Crippen molar-refractivity contribution in [3.05, 3.63) is 24.3 Å². The lowest BCUT2D eigenvalue weighted by molar-refractivity contribution is -0.149. The van der Waals surface area contributed by atoms with E-state index in [-0.39, 0.29) is 25.7 Å². The highest BCUT2D eigenvalue weighted by molar-refractivity contribution is 6.02. The third kappa shape index (κ3) is 3.59. The quantitative estimate of drug-likeness (QED) is 0.765. The second kappa shape index (κ2) is 6.66. The maximum absolute atomic E-state index is 12.2. The SMILES string of the molecule is COCC(C)(NC(=O)CN1C(=O)COc2ccccc21)C(=O)O. The van der Waals surface area contributed by atoms with E-state index in [1.807, 2.05) is 0 Å². The molecule has 0 aliphatic carbocycles. The number of hydrogen-bond acceptors (Lipinski definition) is 5. The van der Waals surface area contributed by atoms with Crippen LogP contribution in [0, 0.1) is 0 Å². The van der Waals surface area contributed by atoms with E-state index in [0.29, 0.717) is 11.4 Å². The number of carbonyl (C=O) groups excluding carboxylic acids is 2. The molecule has 124 valence electrons. The molecule has 0 aromatic heterocycles. The molecule has 1 aliphatic rings. The van der Waals surface area contributed by atoms with Crippen molar-refractivity contribution in [1.29, 1.82) is 0 Å². The van der Waals surface area contributed by atoms with Crippen LogP contribution >= 0.6 is 0 Å². The van der Waals surface area contributed by atoms with Gasteiger partial charge < -0.3 is 19.9 Å². The second-order valence-electron chi connectivity index (χ2n) is 5.35. The fourth-order valence-electron chi connectivity index (χ4n) is 2.26. The van der Waals surface area contributed by atoms with E-state index in [1.165, 1.54) is 18.9 Å². The lowest BCUT2D eigenvalue weighted by Crippen LogP contribution is -2.58. The molecule has 0 saturated heterocycles. The van der Waals surface area contributed by atoms with Crippen LogP contribution in [0.4, 0.5) is 5.69 Å². The van der Waals surface area contributed by atoms with Crippen LogP contribution in [0.15, 0.2) is 24.3 Å². The molecular weight excluding hydrogens is 304 g/mol. The number of hydrogen-bond donors (Lipinski definition) is 2. The van der Waals surface area contributed by atoms with E-state index in [1.54, 1.807) is 24.3 Å². The minimum Gasteiger partial charge on any atom is -0.482 e. The summed E-state index contributed by atoms with van der Waals surface area (Å²) >= 11 is 0. The molecule has 0 saturated carbocycles. The maximum Gasteiger partial charge on any atom is 0.331 e. The first-order valence-electron chi connectivity index (χ1n) is 6.93. The van der Waals surface area contributed by atoms with Gasteiger partial charge >= 0.3 is 5.97 Å². The number of para-hydroxylation sites is 2. The Hall–Kier alpha value is -2.61. The highest BCUT2D eigenvalue weighted by Crippen LogP contribution is 2.31. The van der Waals surface area contributed by atoms with Gasteiger partial charge in [-0.05, 0) is 19.1 Å². The predicted molar refractivity (Wildman–Crippen MR) is 80.3 cm³/mol. The Morgan fingerprint density at radius 3 is 2.78 bits per heavy atom. The van der Waals surface area contributed by atoms with Crippen LogP contribution in [0.5, 0.6) is 5.75 Å². The summed E-state index contributed by atoms with van der Waals surface area (Å²) in [6.45, 7) is 0.678. The van der Waals surface area contributed by atoms with Gasteiger partial charge in [0.05, 0.1) is 12.3 Å². The number of fused-ring (bicyclic) bond motifs is 1. The number of ether oxygens (including phenoxy) is 2. The molecule has 1 atom stereocenters. The van der Waals surface area contributed by atoms with Crippen molar-refractivity contribution in [2.75, 3.05) is 31.8 Å². The molecule has 1 aromatic carbocycles. The number of carbonyl (C=O) groups is 3. The molecule has 1 aliphatic heterocycles. The summed E-state index contributed by atoms with van der Waals surface area (Å²) in [6, 6.07) is 6.83. The van der Waals surface area contributed by atoms with E-state index in [0.717, 1.165) is 0 Å². The number of nitrogens with zero attached hydrogens (tertiary/aromatic N) is 1. The van der Waals surface area contributed by atoms with Crippen LogP contribution in [0.25, 0.3) is 0 Å². The molecule has 0 spiro atoms. The smallest absolute Gasteiger partial charge is 0.331 e. The van der Waals surface area contributed by atoms with Crippen molar-refractivity contribution in [3.8, 4) is 5.75 Å². The summed E-state index contributed by atoms with van der Waals surface area (Å²) < 4.78 is 10.1. The number of carboxylic acids is 1. The third-order valence-corrected chi connectivity index (χ3v) is 3.43. The molecule has 8 heteroatoms. The van der Waals surface area contributed by atoms with Gasteiger partial charge in [-0.2, -0.15) is 0 Å². The van der Waals surface area contributed by atoms with Gasteiger partial charge in [0, 0.05) is 7.11 Å². The summed E-state index contributed by atoms with van der Waals surface area (Å²) in [5, 5.41) is 11.6. The molecule has 8 nitrogen and oxygen atoms in total. The minimum atomic E-state index is -1.57. The van der Waals surface area contributed by atoms with Crippen LogP contribution in [0.2, 0.25) is 0 Å². The normalized spacial score (nSPS) is 16.1. The Balaban J connectivity index is 2.14. The van der Waals surface area contributed by atoms with Crippen molar-refractivity contribution in [1.82, 2.24) is 5.32 Å². The predicted octanol–water partition coefficient (Wildman–Crippen LogP) is 0.0179. The number of carboxylic acid groups (broad SMARTS) is 1. The highest BCUT2D eigenvalue weighted by atomic mass is 16.5. The maximum atomic E-state index is 12.2. The van der Waals surface area contributed by atoms with Crippen molar-refractivity contribution < 1.29 is 29.0 Å². The van der Waals surface area contributed by atoms with Crippen molar-refractivity contribution in [2.45, 2.75) is 12.5 Å². The van der Waals surface area contributed by atoms with Gasteiger partial charge in [0.1, 0.15) is 12.3 Å². The summed E-state index contributed by atoms with van der Waals surface area (Å²) in [6.07, 6.45) is 0. The first-order chi connectivity index (χ1) is 10.9. The number of amides is 2. The first-order valence-corrected chi connectivity index (χ1v) is 6.93. The summed E-state index contributed by atoms with van der Waals surface area (Å²) in [7, 11) is 1.34. The Bertz CT molecular complexity index is 632. The molecular formula is C15H18N2O6. The molecule has 2 N–H and O–H groups in total. The number of nitrogens with one attached hydrogen (secondary N) is 1. The van der Waals surface area contributed by atoms with Crippen LogP contribution < -0.4 is 15.0 Å². The number of rotatable bonds is 6. The van der Waals surface area contributed by atoms with E-state index in [4.69, 9.17) is 9.47 Å². The molecule has 0 fully saturated rings. The largest absolute Gasteiger partial charge is 0.482 e. The van der Waals surface area contributed by atoms with Crippen molar-refractivity contribution >= 4 is 23.5 Å². The molecule has 1 heterocycles. The lowest BCUT2D eigenvalue weighted by Gasteiger charge is -2.31. The molecule has 0 bridgehead atoms. The Labute approximate surface area is 133 Å². The van der Waals surface area contributed by atoms with Gasteiger partial charge in [-0.25, -0.2) is 4.79 Å². The van der Waals surface area contributed by atoms with Gasteiger partial charge in [-0.3, -0.25) is 14.5 Å². The zero-order valence-corrected chi connectivity index (χ0v) is 12.9. The highest BCUT2D eigenvalue weighted by Gasteiger charge is 2.36. The van der Waals surface area contributed by atoms with Gasteiger partial charge in [-0.15, -0.1) is 0 Å². The average Bonchev–Trinajstić information content (AvgIpc) is 2.50. The van der Waals surface area contributed by atoms with Gasteiger partial charge in [0.2, 0.25) is 5.91 Å². The van der Waals surface area contributed by atoms with Gasteiger partial charge in [-0.1, -0.05) is 12.1 Å². The van der Waals surface area contributed by atoms with Gasteiger partial charge in [0.25, 0.3) is 5.91 Å². The number of aliphatic carboxylic acids is 1. The molecule has 2 amide bonds. The standard InChI is InChI=1S/C15H18N2O6/c1-15(9-22-2,14(20)21)16-12(18)7-17-10-5-3-4-6-11(10)23-8-13(17)19/h3-6H,7-9H2,1-2H3,(H,16,18)(H,20,21). The molecule has 1 unspecified atom stereocenters. The summed E-state index contributed by atoms with van der Waals surface area (Å²) in [5.41, 5.74) is -1.09. The van der Waals surface area contributed by atoms with Crippen molar-refractivity contribution in [2.24, 2.45) is 0 Å². The van der Waals surface area contributed by atoms with Crippen LogP contribution in [0.3, 0.4) is 0 Å². The molecule has 23 heavy (non-hydrogen) atoms.